The molecule has 1 aromatic rings. The van der Waals surface area contributed by atoms with E-state index in [1.165, 1.54) is 0 Å². The number of aliphatic imine (C=N–C) groups is 1. The van der Waals surface area contributed by atoms with Crippen LogP contribution in [0.5, 0.6) is 0 Å². The zero-order valence-electron chi connectivity index (χ0n) is 13.0. The molecule has 0 radical (unpaired) electrons. The minimum atomic E-state index is -0.894. The molecule has 0 bridgehead atoms. The summed E-state index contributed by atoms with van der Waals surface area (Å²) < 4.78 is 26.6. The maximum absolute atomic E-state index is 13.5. The summed E-state index contributed by atoms with van der Waals surface area (Å²) in [6.07, 6.45) is 3.32. The number of anilines is 1. The fourth-order valence-electron chi connectivity index (χ4n) is 3.10. The standard InChI is InChI=1S/C16H23F2N3O/c1-15(2)6-3-7-16(22,9-15)10-20-14(19)21-13-8-11(17)4-5-12(13)18/h4-5,8,22H,3,6-7,9-10H2,1-2H3,(H3,19,20,21). The Labute approximate surface area is 129 Å². The third kappa shape index (κ3) is 4.40. The fourth-order valence-corrected chi connectivity index (χ4v) is 3.10. The van der Waals surface area contributed by atoms with Crippen molar-refractivity contribution in [2.45, 2.75) is 45.1 Å². The van der Waals surface area contributed by atoms with E-state index in [2.05, 4.69) is 24.2 Å². The Bertz CT molecular complexity index is 575. The lowest BCUT2D eigenvalue weighted by Gasteiger charge is -2.40. The number of halogens is 2. The average molecular weight is 311 g/mol. The predicted molar refractivity (Wildman–Crippen MR) is 83.7 cm³/mol. The third-order valence-corrected chi connectivity index (χ3v) is 4.04. The molecular weight excluding hydrogens is 288 g/mol. The van der Waals surface area contributed by atoms with Crippen molar-refractivity contribution in [1.29, 1.82) is 0 Å². The molecule has 1 fully saturated rings. The quantitative estimate of drug-likeness (QED) is 0.593. The molecule has 0 spiro atoms. The molecule has 2 rings (SSSR count). The largest absolute Gasteiger partial charge is 0.388 e. The van der Waals surface area contributed by atoms with Crippen LogP contribution in [0.15, 0.2) is 23.2 Å². The molecule has 4 nitrogen and oxygen atoms in total. The number of benzene rings is 1. The Morgan fingerprint density at radius 3 is 2.77 bits per heavy atom. The molecule has 0 aliphatic heterocycles. The second-order valence-electron chi connectivity index (χ2n) is 6.87. The highest BCUT2D eigenvalue weighted by Gasteiger charge is 2.38. The Hall–Kier alpha value is -1.69. The van der Waals surface area contributed by atoms with E-state index < -0.39 is 17.2 Å². The van der Waals surface area contributed by atoms with Crippen LogP contribution >= 0.6 is 0 Å². The van der Waals surface area contributed by atoms with Crippen LogP contribution in [0.1, 0.15) is 39.5 Å². The van der Waals surface area contributed by atoms with Crippen molar-refractivity contribution in [3.63, 3.8) is 0 Å². The van der Waals surface area contributed by atoms with Gasteiger partial charge >= 0.3 is 0 Å². The van der Waals surface area contributed by atoms with Gasteiger partial charge < -0.3 is 16.2 Å². The highest BCUT2D eigenvalue weighted by molar-refractivity contribution is 5.92. The number of hydrogen-bond donors (Lipinski definition) is 3. The summed E-state index contributed by atoms with van der Waals surface area (Å²) in [5, 5.41) is 13.1. The summed E-state index contributed by atoms with van der Waals surface area (Å²) in [7, 11) is 0. The molecule has 0 aromatic heterocycles. The average Bonchev–Trinajstić information content (AvgIpc) is 2.39. The van der Waals surface area contributed by atoms with E-state index in [9.17, 15) is 13.9 Å². The van der Waals surface area contributed by atoms with Crippen LogP contribution in [0.2, 0.25) is 0 Å². The zero-order chi connectivity index (χ0) is 16.4. The predicted octanol–water partition coefficient (Wildman–Crippen LogP) is 3.02. The molecule has 1 aliphatic rings. The van der Waals surface area contributed by atoms with E-state index >= 15 is 0 Å². The normalized spacial score (nSPS) is 25.0. The van der Waals surface area contributed by atoms with Gasteiger partial charge in [-0.25, -0.2) is 8.78 Å². The Morgan fingerprint density at radius 2 is 2.09 bits per heavy atom. The monoisotopic (exact) mass is 311 g/mol. The smallest absolute Gasteiger partial charge is 0.193 e. The first-order valence-electron chi connectivity index (χ1n) is 7.44. The van der Waals surface area contributed by atoms with Crippen molar-refractivity contribution in [2.24, 2.45) is 16.1 Å². The zero-order valence-corrected chi connectivity index (χ0v) is 13.0. The number of hydrogen-bond acceptors (Lipinski definition) is 2. The second kappa shape index (κ2) is 6.20. The molecule has 1 aromatic carbocycles. The first-order chi connectivity index (χ1) is 10.2. The van der Waals surface area contributed by atoms with Crippen molar-refractivity contribution in [1.82, 2.24) is 0 Å². The van der Waals surface area contributed by atoms with Gasteiger partial charge in [0.25, 0.3) is 0 Å². The van der Waals surface area contributed by atoms with Crippen LogP contribution in [0.25, 0.3) is 0 Å². The first-order valence-corrected chi connectivity index (χ1v) is 7.44. The molecule has 1 atom stereocenters. The van der Waals surface area contributed by atoms with Gasteiger partial charge in [0.1, 0.15) is 11.6 Å². The summed E-state index contributed by atoms with van der Waals surface area (Å²) in [5.74, 6) is -1.22. The van der Waals surface area contributed by atoms with Crippen molar-refractivity contribution in [3.8, 4) is 0 Å². The van der Waals surface area contributed by atoms with Gasteiger partial charge in [0.15, 0.2) is 5.96 Å². The summed E-state index contributed by atoms with van der Waals surface area (Å²) in [4.78, 5) is 4.10. The molecule has 1 saturated carbocycles. The number of nitrogens with zero attached hydrogens (tertiary/aromatic N) is 1. The molecule has 4 N–H and O–H groups in total. The molecule has 0 saturated heterocycles. The number of nitrogens with one attached hydrogen (secondary N) is 1. The van der Waals surface area contributed by atoms with E-state index in [0.29, 0.717) is 12.8 Å². The number of nitrogens with two attached hydrogens (primary N) is 1. The first kappa shape index (κ1) is 16.7. The van der Waals surface area contributed by atoms with Crippen molar-refractivity contribution in [2.75, 3.05) is 11.9 Å². The minimum Gasteiger partial charge on any atom is -0.388 e. The lowest BCUT2D eigenvalue weighted by molar-refractivity contribution is -0.0306. The van der Waals surface area contributed by atoms with Crippen LogP contribution < -0.4 is 11.1 Å². The highest BCUT2D eigenvalue weighted by Crippen LogP contribution is 2.41. The van der Waals surface area contributed by atoms with Gasteiger partial charge in [-0.05, 0) is 43.2 Å². The van der Waals surface area contributed by atoms with Crippen molar-refractivity contribution in [3.05, 3.63) is 29.8 Å². The molecule has 22 heavy (non-hydrogen) atoms. The van der Waals surface area contributed by atoms with E-state index in [1.54, 1.807) is 0 Å². The number of guanidine groups is 1. The fraction of sp³-hybridized carbons (Fsp3) is 0.562. The van der Waals surface area contributed by atoms with Crippen LogP contribution in [0, 0.1) is 17.0 Å². The Morgan fingerprint density at radius 1 is 1.36 bits per heavy atom. The molecule has 122 valence electrons. The van der Waals surface area contributed by atoms with Gasteiger partial charge in [-0.15, -0.1) is 0 Å². The molecule has 1 unspecified atom stereocenters. The molecule has 6 heteroatoms. The maximum Gasteiger partial charge on any atom is 0.193 e. The van der Waals surface area contributed by atoms with E-state index in [1.807, 2.05) is 0 Å². The second-order valence-corrected chi connectivity index (χ2v) is 6.87. The SMILES string of the molecule is CC1(C)CCCC(O)(CN=C(N)Nc2cc(F)ccc2F)C1. The van der Waals surface area contributed by atoms with Crippen LogP contribution in [0.3, 0.4) is 0 Å². The van der Waals surface area contributed by atoms with Gasteiger partial charge in [-0.3, -0.25) is 4.99 Å². The topological polar surface area (TPSA) is 70.6 Å². The van der Waals surface area contributed by atoms with E-state index in [0.717, 1.165) is 31.0 Å². The lowest BCUT2D eigenvalue weighted by Crippen LogP contribution is -2.42. The minimum absolute atomic E-state index is 0.0405. The van der Waals surface area contributed by atoms with Gasteiger partial charge in [0.2, 0.25) is 0 Å². The summed E-state index contributed by atoms with van der Waals surface area (Å²) in [6.45, 7) is 4.38. The van der Waals surface area contributed by atoms with Gasteiger partial charge in [-0.2, -0.15) is 0 Å². The van der Waals surface area contributed by atoms with Gasteiger partial charge in [0, 0.05) is 6.07 Å². The summed E-state index contributed by atoms with van der Waals surface area (Å²) in [5.41, 5.74) is 4.81. The lowest BCUT2D eigenvalue weighted by atomic mass is 9.70. The van der Waals surface area contributed by atoms with Crippen LogP contribution in [-0.2, 0) is 0 Å². The summed E-state index contributed by atoms with van der Waals surface area (Å²) in [6, 6.07) is 3.05. The van der Waals surface area contributed by atoms with Crippen molar-refractivity contribution >= 4 is 11.6 Å². The number of rotatable bonds is 3. The van der Waals surface area contributed by atoms with E-state index in [-0.39, 0.29) is 23.6 Å². The third-order valence-electron chi connectivity index (χ3n) is 4.04. The molecule has 0 heterocycles. The Kier molecular flexibility index (Phi) is 4.70. The van der Waals surface area contributed by atoms with Crippen LogP contribution in [-0.4, -0.2) is 23.2 Å². The van der Waals surface area contributed by atoms with Crippen molar-refractivity contribution < 1.29 is 13.9 Å². The number of aliphatic hydroxyl groups is 1. The highest BCUT2D eigenvalue weighted by atomic mass is 19.1. The van der Waals surface area contributed by atoms with Gasteiger partial charge in [0.05, 0.1) is 17.8 Å². The Balaban J connectivity index is 2.02. The summed E-state index contributed by atoms with van der Waals surface area (Å²) >= 11 is 0. The van der Waals surface area contributed by atoms with Crippen LogP contribution in [0.4, 0.5) is 14.5 Å². The molecule has 1 aliphatic carbocycles. The molecule has 0 amide bonds. The maximum atomic E-state index is 13.5. The van der Waals surface area contributed by atoms with Gasteiger partial charge in [-0.1, -0.05) is 13.8 Å². The van der Waals surface area contributed by atoms with E-state index in [4.69, 9.17) is 5.73 Å². The molecular formula is C16H23F2N3O.